The van der Waals surface area contributed by atoms with Gasteiger partial charge >= 0.3 is 0 Å². The maximum absolute atomic E-state index is 13.1. The quantitative estimate of drug-likeness (QED) is 0.315. The molecule has 0 aliphatic carbocycles. The fourth-order valence-corrected chi connectivity index (χ4v) is 4.26. The van der Waals surface area contributed by atoms with Gasteiger partial charge in [0, 0.05) is 37.5 Å². The Labute approximate surface area is 212 Å². The van der Waals surface area contributed by atoms with Crippen LogP contribution in [0, 0.1) is 0 Å². The van der Waals surface area contributed by atoms with Crippen molar-refractivity contribution in [2.45, 2.75) is 32.2 Å². The summed E-state index contributed by atoms with van der Waals surface area (Å²) >= 11 is 0. The van der Waals surface area contributed by atoms with Crippen LogP contribution < -0.4 is 10.6 Å². The largest absolute Gasteiger partial charge is 0.352 e. The van der Waals surface area contributed by atoms with E-state index in [1.807, 2.05) is 97.2 Å². The SMILES string of the molecule is C[C@H](CC(=O)NCc1ccccc1-c1ccccc1C(=O)NCCc1cccnc1)c1ccccc1. The molecule has 0 aliphatic heterocycles. The molecule has 0 fully saturated rings. The molecule has 182 valence electrons. The van der Waals surface area contributed by atoms with Gasteiger partial charge in [-0.2, -0.15) is 0 Å². The number of pyridine rings is 1. The van der Waals surface area contributed by atoms with E-state index < -0.39 is 0 Å². The Morgan fingerprint density at radius 3 is 2.31 bits per heavy atom. The van der Waals surface area contributed by atoms with E-state index in [-0.39, 0.29) is 17.7 Å². The van der Waals surface area contributed by atoms with Crippen molar-refractivity contribution in [2.75, 3.05) is 6.54 Å². The van der Waals surface area contributed by atoms with E-state index in [4.69, 9.17) is 0 Å². The number of carbonyl (C=O) groups excluding carboxylic acids is 2. The van der Waals surface area contributed by atoms with Crippen molar-refractivity contribution < 1.29 is 9.59 Å². The Morgan fingerprint density at radius 1 is 0.806 bits per heavy atom. The van der Waals surface area contributed by atoms with Crippen molar-refractivity contribution in [3.63, 3.8) is 0 Å². The molecule has 36 heavy (non-hydrogen) atoms. The molecule has 0 radical (unpaired) electrons. The van der Waals surface area contributed by atoms with Gasteiger partial charge in [-0.05, 0) is 52.3 Å². The molecule has 5 heteroatoms. The van der Waals surface area contributed by atoms with Gasteiger partial charge in [0.25, 0.3) is 5.91 Å². The van der Waals surface area contributed by atoms with Crippen LogP contribution in [0.5, 0.6) is 0 Å². The van der Waals surface area contributed by atoms with Crippen LogP contribution in [0.4, 0.5) is 0 Å². The molecule has 0 unspecified atom stereocenters. The molecular weight excluding hydrogens is 446 g/mol. The van der Waals surface area contributed by atoms with Crippen LogP contribution in [-0.2, 0) is 17.8 Å². The van der Waals surface area contributed by atoms with Crippen molar-refractivity contribution >= 4 is 11.8 Å². The van der Waals surface area contributed by atoms with Crippen molar-refractivity contribution in [2.24, 2.45) is 0 Å². The number of rotatable bonds is 10. The van der Waals surface area contributed by atoms with Gasteiger partial charge in [-0.25, -0.2) is 0 Å². The predicted octanol–water partition coefficient (Wildman–Crippen LogP) is 5.53. The third kappa shape index (κ3) is 6.66. The van der Waals surface area contributed by atoms with Crippen molar-refractivity contribution in [3.8, 4) is 11.1 Å². The van der Waals surface area contributed by atoms with E-state index in [2.05, 4.69) is 22.5 Å². The highest BCUT2D eigenvalue weighted by molar-refractivity contribution is 6.01. The highest BCUT2D eigenvalue weighted by Crippen LogP contribution is 2.27. The zero-order valence-corrected chi connectivity index (χ0v) is 20.5. The van der Waals surface area contributed by atoms with Gasteiger partial charge in [-0.15, -0.1) is 0 Å². The minimum Gasteiger partial charge on any atom is -0.352 e. The normalized spacial score (nSPS) is 11.5. The Balaban J connectivity index is 1.42. The van der Waals surface area contributed by atoms with Crippen molar-refractivity contribution in [1.29, 1.82) is 0 Å². The molecule has 0 aliphatic rings. The summed E-state index contributed by atoms with van der Waals surface area (Å²) < 4.78 is 0. The van der Waals surface area contributed by atoms with Crippen LogP contribution in [-0.4, -0.2) is 23.3 Å². The van der Waals surface area contributed by atoms with Gasteiger partial charge < -0.3 is 10.6 Å². The van der Waals surface area contributed by atoms with E-state index in [1.54, 1.807) is 6.20 Å². The van der Waals surface area contributed by atoms with E-state index in [0.29, 0.717) is 31.5 Å². The number of carbonyl (C=O) groups is 2. The van der Waals surface area contributed by atoms with Gasteiger partial charge in [-0.3, -0.25) is 14.6 Å². The average Bonchev–Trinajstić information content (AvgIpc) is 2.93. The first kappa shape index (κ1) is 24.9. The molecule has 1 heterocycles. The zero-order valence-electron chi connectivity index (χ0n) is 20.5. The van der Waals surface area contributed by atoms with Crippen molar-refractivity contribution in [3.05, 3.63) is 126 Å². The molecule has 0 spiro atoms. The van der Waals surface area contributed by atoms with Gasteiger partial charge in [0.2, 0.25) is 5.91 Å². The first-order valence-corrected chi connectivity index (χ1v) is 12.3. The second-order valence-corrected chi connectivity index (χ2v) is 8.86. The molecule has 0 bridgehead atoms. The number of hydrogen-bond donors (Lipinski definition) is 2. The highest BCUT2D eigenvalue weighted by atomic mass is 16.2. The molecule has 1 aromatic heterocycles. The Hall–Kier alpha value is -4.25. The zero-order chi connectivity index (χ0) is 25.2. The first-order valence-electron chi connectivity index (χ1n) is 12.3. The number of nitrogens with one attached hydrogen (secondary N) is 2. The second-order valence-electron chi connectivity index (χ2n) is 8.86. The summed E-state index contributed by atoms with van der Waals surface area (Å²) in [5, 5.41) is 6.09. The summed E-state index contributed by atoms with van der Waals surface area (Å²) in [6, 6.07) is 29.4. The number of amides is 2. The third-order valence-electron chi connectivity index (χ3n) is 6.24. The lowest BCUT2D eigenvalue weighted by Crippen LogP contribution is -2.26. The molecule has 3 aromatic carbocycles. The fourth-order valence-electron chi connectivity index (χ4n) is 4.26. The van der Waals surface area contributed by atoms with Gasteiger partial charge in [0.15, 0.2) is 0 Å². The smallest absolute Gasteiger partial charge is 0.251 e. The van der Waals surface area contributed by atoms with Crippen LogP contribution in [0.1, 0.15) is 46.3 Å². The van der Waals surface area contributed by atoms with Crippen LogP contribution in [0.25, 0.3) is 11.1 Å². The molecule has 2 N–H and O–H groups in total. The molecule has 0 saturated carbocycles. The Morgan fingerprint density at radius 2 is 1.53 bits per heavy atom. The minimum absolute atomic E-state index is 0.00239. The Bertz CT molecular complexity index is 1290. The summed E-state index contributed by atoms with van der Waals surface area (Å²) in [7, 11) is 0. The minimum atomic E-state index is -0.120. The van der Waals surface area contributed by atoms with E-state index >= 15 is 0 Å². The highest BCUT2D eigenvalue weighted by Gasteiger charge is 2.16. The molecule has 4 aromatic rings. The van der Waals surface area contributed by atoms with Gasteiger partial charge in [-0.1, -0.05) is 85.8 Å². The maximum atomic E-state index is 13.1. The standard InChI is InChI=1S/C31H31N3O2/c1-23(25-11-3-2-4-12-25)20-30(35)34-22-26-13-5-6-14-27(26)28-15-7-8-16-29(28)31(36)33-19-17-24-10-9-18-32-21-24/h2-16,18,21,23H,17,19-20,22H2,1H3,(H,33,36)(H,34,35)/t23-/m1/s1. The lowest BCUT2D eigenvalue weighted by atomic mass is 9.94. The second kappa shape index (κ2) is 12.5. The third-order valence-corrected chi connectivity index (χ3v) is 6.24. The van der Waals surface area contributed by atoms with E-state index in [9.17, 15) is 9.59 Å². The summed E-state index contributed by atoms with van der Waals surface area (Å²) in [6.07, 6.45) is 4.68. The van der Waals surface area contributed by atoms with Crippen LogP contribution >= 0.6 is 0 Å². The summed E-state index contributed by atoms with van der Waals surface area (Å²) in [6.45, 7) is 2.98. The van der Waals surface area contributed by atoms with Crippen LogP contribution in [0.15, 0.2) is 103 Å². The molecular formula is C31H31N3O2. The monoisotopic (exact) mass is 477 g/mol. The molecule has 2 amide bonds. The topological polar surface area (TPSA) is 71.1 Å². The molecule has 1 atom stereocenters. The number of hydrogen-bond acceptors (Lipinski definition) is 3. The summed E-state index contributed by atoms with van der Waals surface area (Å²) in [5.41, 5.74) is 5.59. The van der Waals surface area contributed by atoms with Crippen LogP contribution in [0.2, 0.25) is 0 Å². The number of aromatic nitrogens is 1. The maximum Gasteiger partial charge on any atom is 0.251 e. The molecule has 0 saturated heterocycles. The van der Waals surface area contributed by atoms with Gasteiger partial charge in [0.1, 0.15) is 0 Å². The molecule has 5 nitrogen and oxygen atoms in total. The lowest BCUT2D eigenvalue weighted by Gasteiger charge is -2.16. The summed E-state index contributed by atoms with van der Waals surface area (Å²) in [5.74, 6) is 0.0186. The van der Waals surface area contributed by atoms with E-state index in [1.165, 1.54) is 0 Å². The lowest BCUT2D eigenvalue weighted by molar-refractivity contribution is -0.121. The predicted molar refractivity (Wildman–Crippen MR) is 143 cm³/mol. The average molecular weight is 478 g/mol. The molecule has 4 rings (SSSR count). The van der Waals surface area contributed by atoms with Gasteiger partial charge in [0.05, 0.1) is 0 Å². The Kier molecular flexibility index (Phi) is 8.60. The first-order chi connectivity index (χ1) is 17.6. The van der Waals surface area contributed by atoms with Crippen LogP contribution in [0.3, 0.4) is 0 Å². The fraction of sp³-hybridized carbons (Fsp3) is 0.194. The number of nitrogens with zero attached hydrogens (tertiary/aromatic N) is 1. The van der Waals surface area contributed by atoms with Crippen molar-refractivity contribution in [1.82, 2.24) is 15.6 Å². The van der Waals surface area contributed by atoms with E-state index in [0.717, 1.165) is 27.8 Å². The number of benzene rings is 3. The summed E-state index contributed by atoms with van der Waals surface area (Å²) in [4.78, 5) is 29.9.